The number of rotatable bonds is 6. The SMILES string of the molecule is CCN1CCCC1CN(C)C(CN)c1cncn1C. The first-order valence-corrected chi connectivity index (χ1v) is 7.28. The van der Waals surface area contributed by atoms with E-state index in [1.165, 1.54) is 25.1 Å². The van der Waals surface area contributed by atoms with E-state index in [1.54, 1.807) is 0 Å². The van der Waals surface area contributed by atoms with Crippen LogP contribution >= 0.6 is 0 Å². The van der Waals surface area contributed by atoms with Gasteiger partial charge >= 0.3 is 0 Å². The summed E-state index contributed by atoms with van der Waals surface area (Å²) in [6.45, 7) is 6.36. The van der Waals surface area contributed by atoms with Crippen LogP contribution in [-0.4, -0.2) is 58.6 Å². The Bertz CT molecular complexity index is 389. The lowest BCUT2D eigenvalue weighted by atomic mass is 10.1. The smallest absolute Gasteiger partial charge is 0.0946 e. The summed E-state index contributed by atoms with van der Waals surface area (Å²) in [5.41, 5.74) is 7.18. The molecule has 0 saturated carbocycles. The number of hydrogen-bond donors (Lipinski definition) is 1. The molecule has 5 nitrogen and oxygen atoms in total. The molecule has 2 atom stereocenters. The van der Waals surface area contributed by atoms with Gasteiger partial charge in [-0.25, -0.2) is 4.98 Å². The highest BCUT2D eigenvalue weighted by molar-refractivity contribution is 5.06. The topological polar surface area (TPSA) is 50.3 Å². The first kappa shape index (κ1) is 14.5. The van der Waals surface area contributed by atoms with Crippen molar-refractivity contribution < 1.29 is 0 Å². The highest BCUT2D eigenvalue weighted by atomic mass is 15.2. The standard InChI is InChI=1S/C14H27N5/c1-4-19-7-5-6-12(19)10-17(2)13(8-15)14-9-16-11-18(14)3/h9,11-13H,4-8,10,15H2,1-3H3. The maximum Gasteiger partial charge on any atom is 0.0946 e. The van der Waals surface area contributed by atoms with Crippen LogP contribution in [0, 0.1) is 0 Å². The zero-order valence-electron chi connectivity index (χ0n) is 12.4. The second-order valence-electron chi connectivity index (χ2n) is 5.55. The molecule has 2 unspecified atom stereocenters. The van der Waals surface area contributed by atoms with Gasteiger partial charge in [0.05, 0.1) is 18.1 Å². The first-order chi connectivity index (χ1) is 9.17. The lowest BCUT2D eigenvalue weighted by Gasteiger charge is -2.32. The zero-order valence-corrected chi connectivity index (χ0v) is 12.4. The maximum absolute atomic E-state index is 5.98. The van der Waals surface area contributed by atoms with Crippen LogP contribution in [-0.2, 0) is 7.05 Å². The van der Waals surface area contributed by atoms with Gasteiger partial charge in [0.1, 0.15) is 0 Å². The zero-order chi connectivity index (χ0) is 13.8. The van der Waals surface area contributed by atoms with E-state index < -0.39 is 0 Å². The van der Waals surface area contributed by atoms with Gasteiger partial charge in [0.25, 0.3) is 0 Å². The predicted molar refractivity (Wildman–Crippen MR) is 77.9 cm³/mol. The lowest BCUT2D eigenvalue weighted by Crippen LogP contribution is -2.42. The van der Waals surface area contributed by atoms with Crippen LogP contribution in [0.25, 0.3) is 0 Å². The van der Waals surface area contributed by atoms with Gasteiger partial charge in [0.2, 0.25) is 0 Å². The Kier molecular flexibility index (Phi) is 4.96. The quantitative estimate of drug-likeness (QED) is 0.828. The fourth-order valence-corrected chi connectivity index (χ4v) is 3.19. The molecule has 1 saturated heterocycles. The molecule has 1 aliphatic rings. The maximum atomic E-state index is 5.98. The van der Waals surface area contributed by atoms with Crippen molar-refractivity contribution >= 4 is 0 Å². The van der Waals surface area contributed by atoms with E-state index in [9.17, 15) is 0 Å². The highest BCUT2D eigenvalue weighted by Crippen LogP contribution is 2.22. The van der Waals surface area contributed by atoms with Gasteiger partial charge in [-0.15, -0.1) is 0 Å². The second-order valence-corrected chi connectivity index (χ2v) is 5.55. The first-order valence-electron chi connectivity index (χ1n) is 7.28. The Balaban J connectivity index is 2.01. The minimum Gasteiger partial charge on any atom is -0.336 e. The van der Waals surface area contributed by atoms with Crippen LogP contribution in [0.3, 0.4) is 0 Å². The molecule has 1 fully saturated rings. The van der Waals surface area contributed by atoms with E-state index in [1.807, 2.05) is 19.6 Å². The number of hydrogen-bond acceptors (Lipinski definition) is 4. The monoisotopic (exact) mass is 265 g/mol. The van der Waals surface area contributed by atoms with Gasteiger partial charge in [0.15, 0.2) is 0 Å². The third kappa shape index (κ3) is 3.16. The van der Waals surface area contributed by atoms with Crippen LogP contribution in [0.2, 0.25) is 0 Å². The van der Waals surface area contributed by atoms with Crippen molar-refractivity contribution in [1.82, 2.24) is 19.4 Å². The Labute approximate surface area is 116 Å². The molecule has 0 spiro atoms. The third-order valence-electron chi connectivity index (χ3n) is 4.35. The van der Waals surface area contributed by atoms with E-state index in [0.717, 1.165) is 13.1 Å². The highest BCUT2D eigenvalue weighted by Gasteiger charge is 2.27. The summed E-state index contributed by atoms with van der Waals surface area (Å²) in [4.78, 5) is 9.17. The second kappa shape index (κ2) is 6.50. The number of nitrogens with two attached hydrogens (primary N) is 1. The van der Waals surface area contributed by atoms with Crippen LogP contribution in [0.15, 0.2) is 12.5 Å². The molecule has 2 heterocycles. The predicted octanol–water partition coefficient (Wildman–Crippen LogP) is 0.836. The summed E-state index contributed by atoms with van der Waals surface area (Å²) in [7, 11) is 4.21. The Morgan fingerprint density at radius 1 is 1.58 bits per heavy atom. The number of nitrogens with zero attached hydrogens (tertiary/aromatic N) is 4. The fourth-order valence-electron chi connectivity index (χ4n) is 3.19. The van der Waals surface area contributed by atoms with Gasteiger partial charge in [0, 0.05) is 32.4 Å². The van der Waals surface area contributed by atoms with Gasteiger partial charge in [-0.3, -0.25) is 9.80 Å². The normalized spacial score (nSPS) is 22.3. The van der Waals surface area contributed by atoms with Gasteiger partial charge in [-0.2, -0.15) is 0 Å². The summed E-state index contributed by atoms with van der Waals surface area (Å²) in [6.07, 6.45) is 6.41. The summed E-state index contributed by atoms with van der Waals surface area (Å²) in [5.74, 6) is 0. The molecular formula is C14H27N5. The van der Waals surface area contributed by atoms with Crippen LogP contribution < -0.4 is 5.73 Å². The van der Waals surface area contributed by atoms with E-state index in [-0.39, 0.29) is 6.04 Å². The summed E-state index contributed by atoms with van der Waals surface area (Å²) >= 11 is 0. The molecule has 108 valence electrons. The molecule has 0 amide bonds. The lowest BCUT2D eigenvalue weighted by molar-refractivity contribution is 0.162. The average Bonchev–Trinajstić information content (AvgIpc) is 3.00. The number of likely N-dealkylation sites (N-methyl/N-ethyl adjacent to an activating group) is 2. The van der Waals surface area contributed by atoms with E-state index in [0.29, 0.717) is 12.6 Å². The van der Waals surface area contributed by atoms with Crippen molar-refractivity contribution in [1.29, 1.82) is 0 Å². The molecule has 19 heavy (non-hydrogen) atoms. The van der Waals surface area contributed by atoms with Crippen LogP contribution in [0.4, 0.5) is 0 Å². The van der Waals surface area contributed by atoms with Gasteiger partial charge in [-0.1, -0.05) is 6.92 Å². The van der Waals surface area contributed by atoms with Crippen molar-refractivity contribution in [3.8, 4) is 0 Å². The Hall–Kier alpha value is -0.910. The van der Waals surface area contributed by atoms with Crippen molar-refractivity contribution in [3.63, 3.8) is 0 Å². The van der Waals surface area contributed by atoms with Crippen LogP contribution in [0.1, 0.15) is 31.5 Å². The molecule has 1 aliphatic heterocycles. The van der Waals surface area contributed by atoms with Crippen molar-refractivity contribution in [3.05, 3.63) is 18.2 Å². The summed E-state index contributed by atoms with van der Waals surface area (Å²) in [5, 5.41) is 0. The summed E-state index contributed by atoms with van der Waals surface area (Å²) in [6, 6.07) is 0.934. The molecule has 0 radical (unpaired) electrons. The van der Waals surface area contributed by atoms with Gasteiger partial charge in [-0.05, 0) is 33.0 Å². The van der Waals surface area contributed by atoms with E-state index >= 15 is 0 Å². The molecule has 0 bridgehead atoms. The Morgan fingerprint density at radius 3 is 2.95 bits per heavy atom. The van der Waals surface area contributed by atoms with Gasteiger partial charge < -0.3 is 10.3 Å². The minimum absolute atomic E-state index is 0.256. The van der Waals surface area contributed by atoms with Crippen LogP contribution in [0.5, 0.6) is 0 Å². The molecule has 2 N–H and O–H groups in total. The number of aryl methyl sites for hydroxylation is 1. The summed E-state index contributed by atoms with van der Waals surface area (Å²) < 4.78 is 2.07. The minimum atomic E-state index is 0.256. The van der Waals surface area contributed by atoms with Crippen molar-refractivity contribution in [2.75, 3.05) is 33.2 Å². The molecule has 0 aliphatic carbocycles. The number of imidazole rings is 1. The molecule has 0 aromatic carbocycles. The molecule has 5 heteroatoms. The largest absolute Gasteiger partial charge is 0.336 e. The van der Waals surface area contributed by atoms with E-state index in [4.69, 9.17) is 5.73 Å². The molecule has 1 aromatic rings. The molecule has 1 aromatic heterocycles. The van der Waals surface area contributed by atoms with Crippen molar-refractivity contribution in [2.45, 2.75) is 31.8 Å². The number of aromatic nitrogens is 2. The number of likely N-dealkylation sites (tertiary alicyclic amines) is 1. The molecular weight excluding hydrogens is 238 g/mol. The Morgan fingerprint density at radius 2 is 2.37 bits per heavy atom. The molecule has 2 rings (SSSR count). The average molecular weight is 265 g/mol. The van der Waals surface area contributed by atoms with Crippen molar-refractivity contribution in [2.24, 2.45) is 12.8 Å². The third-order valence-corrected chi connectivity index (χ3v) is 4.35. The van der Waals surface area contributed by atoms with E-state index in [2.05, 4.69) is 33.3 Å². The fraction of sp³-hybridized carbons (Fsp3) is 0.786.